The molecule has 1 aromatic rings. The molecule has 0 N–H and O–H groups in total. The fourth-order valence-electron chi connectivity index (χ4n) is 3.00. The molecule has 1 heterocycles. The van der Waals surface area contributed by atoms with E-state index in [2.05, 4.69) is 17.1 Å². The largest absolute Gasteiger partial charge is 0.295 e. The van der Waals surface area contributed by atoms with Gasteiger partial charge in [-0.25, -0.2) is 0 Å². The standard InChI is InChI=1S/C16H25N3O/c1-4-13-7-9-14(10-8-13)16(20)19(5-2)15-11-6-12(3)17-18-15/h6,11,13-14H,4-5,7-10H2,1-3H3. The first-order valence-corrected chi connectivity index (χ1v) is 7.77. The zero-order valence-electron chi connectivity index (χ0n) is 12.8. The first-order valence-electron chi connectivity index (χ1n) is 7.77. The fraction of sp³-hybridized carbons (Fsp3) is 0.688. The molecule has 0 saturated heterocycles. The Hall–Kier alpha value is -1.45. The Balaban J connectivity index is 2.04. The second-order valence-corrected chi connectivity index (χ2v) is 5.74. The van der Waals surface area contributed by atoms with Crippen LogP contribution in [0.5, 0.6) is 0 Å². The minimum atomic E-state index is 0.167. The number of hydrogen-bond donors (Lipinski definition) is 0. The van der Waals surface area contributed by atoms with Crippen molar-refractivity contribution in [2.24, 2.45) is 11.8 Å². The van der Waals surface area contributed by atoms with Crippen LogP contribution < -0.4 is 4.90 Å². The summed E-state index contributed by atoms with van der Waals surface area (Å²) in [6.45, 7) is 6.80. The predicted octanol–water partition coefficient (Wildman–Crippen LogP) is 3.35. The van der Waals surface area contributed by atoms with Crippen molar-refractivity contribution in [2.75, 3.05) is 11.4 Å². The molecule has 1 aromatic heterocycles. The Morgan fingerprint density at radius 3 is 2.40 bits per heavy atom. The number of rotatable bonds is 4. The van der Waals surface area contributed by atoms with Crippen molar-refractivity contribution in [2.45, 2.75) is 52.9 Å². The predicted molar refractivity (Wildman–Crippen MR) is 80.5 cm³/mol. The molecule has 0 radical (unpaired) electrons. The molecule has 1 aliphatic rings. The number of aryl methyl sites for hydroxylation is 1. The molecule has 1 fully saturated rings. The Kier molecular flexibility index (Phi) is 5.10. The molecule has 0 spiro atoms. The minimum Gasteiger partial charge on any atom is -0.295 e. The van der Waals surface area contributed by atoms with E-state index < -0.39 is 0 Å². The highest BCUT2D eigenvalue weighted by molar-refractivity contribution is 5.94. The first-order chi connectivity index (χ1) is 9.65. The van der Waals surface area contributed by atoms with Gasteiger partial charge < -0.3 is 0 Å². The average Bonchev–Trinajstić information content (AvgIpc) is 2.50. The van der Waals surface area contributed by atoms with Crippen LogP contribution in [-0.4, -0.2) is 22.6 Å². The lowest BCUT2D eigenvalue weighted by Gasteiger charge is -2.30. The molecule has 1 amide bonds. The van der Waals surface area contributed by atoms with Gasteiger partial charge in [-0.2, -0.15) is 5.10 Å². The molecule has 0 aliphatic heterocycles. The number of nitrogens with zero attached hydrogens (tertiary/aromatic N) is 3. The van der Waals surface area contributed by atoms with Gasteiger partial charge in [0.05, 0.1) is 5.69 Å². The second-order valence-electron chi connectivity index (χ2n) is 5.74. The number of hydrogen-bond acceptors (Lipinski definition) is 3. The van der Waals surface area contributed by atoms with E-state index in [0.29, 0.717) is 12.4 Å². The zero-order chi connectivity index (χ0) is 14.5. The van der Waals surface area contributed by atoms with Crippen LogP contribution in [-0.2, 0) is 4.79 Å². The molecule has 1 aliphatic carbocycles. The fourth-order valence-corrected chi connectivity index (χ4v) is 3.00. The van der Waals surface area contributed by atoms with Crippen LogP contribution in [0.3, 0.4) is 0 Å². The lowest BCUT2D eigenvalue weighted by Crippen LogP contribution is -2.38. The molecule has 2 rings (SSSR count). The molecule has 4 heteroatoms. The van der Waals surface area contributed by atoms with Crippen molar-refractivity contribution >= 4 is 11.7 Å². The van der Waals surface area contributed by atoms with E-state index in [0.717, 1.165) is 24.5 Å². The van der Waals surface area contributed by atoms with Gasteiger partial charge in [0.1, 0.15) is 0 Å². The van der Waals surface area contributed by atoms with Crippen molar-refractivity contribution in [3.63, 3.8) is 0 Å². The molecule has 20 heavy (non-hydrogen) atoms. The molecule has 0 atom stereocenters. The van der Waals surface area contributed by atoms with Gasteiger partial charge in [-0.3, -0.25) is 9.69 Å². The molecule has 1 saturated carbocycles. The number of amides is 1. The smallest absolute Gasteiger partial charge is 0.231 e. The quantitative estimate of drug-likeness (QED) is 0.846. The van der Waals surface area contributed by atoms with Crippen LogP contribution in [0.25, 0.3) is 0 Å². The van der Waals surface area contributed by atoms with E-state index in [4.69, 9.17) is 0 Å². The van der Waals surface area contributed by atoms with E-state index in [1.165, 1.54) is 19.3 Å². The van der Waals surface area contributed by atoms with E-state index in [-0.39, 0.29) is 11.8 Å². The van der Waals surface area contributed by atoms with Crippen LogP contribution in [0.1, 0.15) is 51.6 Å². The van der Waals surface area contributed by atoms with E-state index in [9.17, 15) is 4.79 Å². The molecule has 0 aromatic carbocycles. The van der Waals surface area contributed by atoms with Crippen LogP contribution in [0.15, 0.2) is 12.1 Å². The summed E-state index contributed by atoms with van der Waals surface area (Å²) in [6, 6.07) is 3.80. The number of aromatic nitrogens is 2. The van der Waals surface area contributed by atoms with Gasteiger partial charge in [0.25, 0.3) is 0 Å². The lowest BCUT2D eigenvalue weighted by atomic mass is 9.80. The lowest BCUT2D eigenvalue weighted by molar-refractivity contribution is -0.123. The van der Waals surface area contributed by atoms with Crippen molar-refractivity contribution in [1.82, 2.24) is 10.2 Å². The maximum Gasteiger partial charge on any atom is 0.231 e. The molecule has 110 valence electrons. The highest BCUT2D eigenvalue weighted by atomic mass is 16.2. The van der Waals surface area contributed by atoms with Gasteiger partial charge in [0, 0.05) is 12.5 Å². The third-order valence-corrected chi connectivity index (χ3v) is 4.42. The topological polar surface area (TPSA) is 46.1 Å². The summed E-state index contributed by atoms with van der Waals surface area (Å²) < 4.78 is 0. The Morgan fingerprint density at radius 1 is 1.20 bits per heavy atom. The molecule has 0 bridgehead atoms. The minimum absolute atomic E-state index is 0.167. The third kappa shape index (κ3) is 3.35. The summed E-state index contributed by atoms with van der Waals surface area (Å²) in [6.07, 6.45) is 5.65. The van der Waals surface area contributed by atoms with Gasteiger partial charge in [-0.15, -0.1) is 5.10 Å². The summed E-state index contributed by atoms with van der Waals surface area (Å²) in [5, 5.41) is 8.21. The van der Waals surface area contributed by atoms with Gasteiger partial charge in [0.15, 0.2) is 5.82 Å². The normalized spacial score (nSPS) is 22.6. The van der Waals surface area contributed by atoms with Crippen molar-refractivity contribution in [1.29, 1.82) is 0 Å². The van der Waals surface area contributed by atoms with Crippen LogP contribution in [0, 0.1) is 18.8 Å². The Labute approximate surface area is 121 Å². The third-order valence-electron chi connectivity index (χ3n) is 4.42. The Morgan fingerprint density at radius 2 is 1.90 bits per heavy atom. The van der Waals surface area contributed by atoms with Crippen LogP contribution in [0.2, 0.25) is 0 Å². The van der Waals surface area contributed by atoms with Crippen LogP contribution >= 0.6 is 0 Å². The van der Waals surface area contributed by atoms with Gasteiger partial charge in [-0.1, -0.05) is 13.3 Å². The molecular weight excluding hydrogens is 250 g/mol. The zero-order valence-corrected chi connectivity index (χ0v) is 12.8. The maximum absolute atomic E-state index is 12.7. The highest BCUT2D eigenvalue weighted by Crippen LogP contribution is 2.32. The summed E-state index contributed by atoms with van der Waals surface area (Å²) >= 11 is 0. The van der Waals surface area contributed by atoms with Crippen LogP contribution in [0.4, 0.5) is 5.82 Å². The molecular formula is C16H25N3O. The number of anilines is 1. The van der Waals surface area contributed by atoms with Gasteiger partial charge >= 0.3 is 0 Å². The van der Waals surface area contributed by atoms with Gasteiger partial charge in [0.2, 0.25) is 5.91 Å². The van der Waals surface area contributed by atoms with Crippen molar-refractivity contribution < 1.29 is 4.79 Å². The monoisotopic (exact) mass is 275 g/mol. The van der Waals surface area contributed by atoms with Crippen molar-refractivity contribution in [3.8, 4) is 0 Å². The number of carbonyl (C=O) groups is 1. The average molecular weight is 275 g/mol. The number of carbonyl (C=O) groups excluding carboxylic acids is 1. The van der Waals surface area contributed by atoms with Crippen molar-refractivity contribution in [3.05, 3.63) is 17.8 Å². The maximum atomic E-state index is 12.7. The van der Waals surface area contributed by atoms with E-state index in [1.807, 2.05) is 26.0 Å². The second kappa shape index (κ2) is 6.82. The first kappa shape index (κ1) is 14.9. The van der Waals surface area contributed by atoms with E-state index >= 15 is 0 Å². The summed E-state index contributed by atoms with van der Waals surface area (Å²) in [7, 11) is 0. The summed E-state index contributed by atoms with van der Waals surface area (Å²) in [4.78, 5) is 14.4. The summed E-state index contributed by atoms with van der Waals surface area (Å²) in [5.41, 5.74) is 0.876. The summed E-state index contributed by atoms with van der Waals surface area (Å²) in [5.74, 6) is 1.88. The van der Waals surface area contributed by atoms with E-state index in [1.54, 1.807) is 4.90 Å². The Bertz CT molecular complexity index is 436. The SMILES string of the molecule is CCC1CCC(C(=O)N(CC)c2ccc(C)nn2)CC1. The van der Waals surface area contributed by atoms with Gasteiger partial charge in [-0.05, 0) is 57.6 Å². The highest BCUT2D eigenvalue weighted by Gasteiger charge is 2.29. The molecule has 4 nitrogen and oxygen atoms in total. The molecule has 0 unspecified atom stereocenters.